The van der Waals surface area contributed by atoms with Crippen molar-refractivity contribution in [2.24, 2.45) is 0 Å². The van der Waals surface area contributed by atoms with Crippen molar-refractivity contribution in [1.82, 2.24) is 4.90 Å². The van der Waals surface area contributed by atoms with Crippen LogP contribution in [0.5, 0.6) is 0 Å². The maximum atomic E-state index is 12.2. The molecule has 0 spiro atoms. The van der Waals surface area contributed by atoms with Crippen LogP contribution in [0.25, 0.3) is 0 Å². The summed E-state index contributed by atoms with van der Waals surface area (Å²) in [6.45, 7) is 3.54. The normalized spacial score (nSPS) is 24.2. The maximum Gasteiger partial charge on any atom is 0.327 e. The largest absolute Gasteiger partial charge is 0.480 e. The Labute approximate surface area is 99.1 Å². The number of aliphatic carboxylic acids is 1. The molecule has 1 N–H and O–H groups in total. The van der Waals surface area contributed by atoms with Gasteiger partial charge in [0, 0.05) is 12.9 Å². The Balaban J connectivity index is 2.84. The molecule has 0 radical (unpaired) electrons. The lowest BCUT2D eigenvalue weighted by molar-refractivity contribution is -0.159. The lowest BCUT2D eigenvalue weighted by Gasteiger charge is -2.31. The van der Waals surface area contributed by atoms with E-state index in [2.05, 4.69) is 0 Å². The van der Waals surface area contributed by atoms with Crippen molar-refractivity contribution in [3.05, 3.63) is 0 Å². The number of carboxylic acids is 1. The van der Waals surface area contributed by atoms with Gasteiger partial charge < -0.3 is 14.7 Å². The van der Waals surface area contributed by atoms with E-state index in [9.17, 15) is 9.59 Å². The smallest absolute Gasteiger partial charge is 0.327 e. The Morgan fingerprint density at radius 2 is 2.25 bits per heavy atom. The van der Waals surface area contributed by atoms with E-state index < -0.39 is 17.6 Å². The standard InChI is InChI=1S/C10H17NO4S/c1-4-10(2,15-3)9(14)11-6-16-5-7(11)8(12)13/h7H,4-6H2,1-3H3,(H,12,13)/t7-,10?/m0/s1. The second kappa shape index (κ2) is 5.05. The quantitative estimate of drug-likeness (QED) is 0.795. The average Bonchev–Trinajstić information content (AvgIpc) is 2.75. The first-order valence-corrected chi connectivity index (χ1v) is 6.28. The van der Waals surface area contributed by atoms with Gasteiger partial charge in [-0.15, -0.1) is 11.8 Å². The van der Waals surface area contributed by atoms with Crippen LogP contribution in [-0.4, -0.2) is 52.3 Å². The Morgan fingerprint density at radius 1 is 1.62 bits per heavy atom. The molecule has 6 heteroatoms. The minimum atomic E-state index is -0.951. The van der Waals surface area contributed by atoms with Gasteiger partial charge in [0.2, 0.25) is 0 Å². The van der Waals surface area contributed by atoms with E-state index in [4.69, 9.17) is 9.84 Å². The number of ether oxygens (including phenoxy) is 1. The molecule has 1 saturated heterocycles. The summed E-state index contributed by atoms with van der Waals surface area (Å²) in [5.41, 5.74) is -0.918. The Kier molecular flexibility index (Phi) is 4.21. The van der Waals surface area contributed by atoms with Gasteiger partial charge >= 0.3 is 5.97 Å². The van der Waals surface area contributed by atoms with Crippen molar-refractivity contribution < 1.29 is 19.4 Å². The van der Waals surface area contributed by atoms with Crippen LogP contribution >= 0.6 is 11.8 Å². The molecule has 0 aromatic heterocycles. The molecule has 1 amide bonds. The van der Waals surface area contributed by atoms with Crippen molar-refractivity contribution in [2.45, 2.75) is 31.9 Å². The number of hydrogen-bond donors (Lipinski definition) is 1. The number of hydrogen-bond acceptors (Lipinski definition) is 4. The number of methoxy groups -OCH3 is 1. The molecule has 1 fully saturated rings. The number of carbonyl (C=O) groups excluding carboxylic acids is 1. The van der Waals surface area contributed by atoms with E-state index in [0.29, 0.717) is 18.1 Å². The molecule has 1 heterocycles. The molecule has 1 rings (SSSR count). The Morgan fingerprint density at radius 3 is 2.69 bits per heavy atom. The second-order valence-corrected chi connectivity index (χ2v) is 4.92. The van der Waals surface area contributed by atoms with Crippen LogP contribution < -0.4 is 0 Å². The minimum Gasteiger partial charge on any atom is -0.480 e. The number of carboxylic acid groups (broad SMARTS) is 1. The van der Waals surface area contributed by atoms with Gasteiger partial charge in [-0.05, 0) is 13.3 Å². The van der Waals surface area contributed by atoms with Crippen LogP contribution in [0.15, 0.2) is 0 Å². The zero-order chi connectivity index (χ0) is 12.3. The third kappa shape index (κ3) is 2.32. The zero-order valence-electron chi connectivity index (χ0n) is 9.73. The summed E-state index contributed by atoms with van der Waals surface area (Å²) in [7, 11) is 1.47. The monoisotopic (exact) mass is 247 g/mol. The predicted octanol–water partition coefficient (Wildman–Crippen LogP) is 0.788. The molecule has 1 aliphatic heterocycles. The van der Waals surface area contributed by atoms with Gasteiger partial charge in [-0.2, -0.15) is 0 Å². The summed E-state index contributed by atoms with van der Waals surface area (Å²) >= 11 is 1.45. The van der Waals surface area contributed by atoms with Crippen LogP contribution in [0.1, 0.15) is 20.3 Å². The molecule has 0 aromatic carbocycles. The molecule has 0 aromatic rings. The Hall–Kier alpha value is -0.750. The van der Waals surface area contributed by atoms with Crippen LogP contribution in [0.2, 0.25) is 0 Å². The van der Waals surface area contributed by atoms with Crippen molar-refractivity contribution in [2.75, 3.05) is 18.7 Å². The van der Waals surface area contributed by atoms with Crippen LogP contribution in [0, 0.1) is 0 Å². The summed E-state index contributed by atoms with van der Waals surface area (Å²) < 4.78 is 5.20. The van der Waals surface area contributed by atoms with Gasteiger partial charge in [0.25, 0.3) is 5.91 Å². The first-order chi connectivity index (χ1) is 7.46. The fourth-order valence-electron chi connectivity index (χ4n) is 1.53. The molecular weight excluding hydrogens is 230 g/mol. The van der Waals surface area contributed by atoms with Crippen LogP contribution in [0.4, 0.5) is 0 Å². The highest BCUT2D eigenvalue weighted by atomic mass is 32.2. The number of thioether (sulfide) groups is 1. The molecule has 92 valence electrons. The number of amides is 1. The van der Waals surface area contributed by atoms with Gasteiger partial charge in [0.1, 0.15) is 11.6 Å². The third-order valence-corrected chi connectivity index (χ3v) is 4.02. The van der Waals surface area contributed by atoms with E-state index in [1.54, 1.807) is 6.92 Å². The minimum absolute atomic E-state index is 0.241. The van der Waals surface area contributed by atoms with Gasteiger partial charge in [-0.1, -0.05) is 6.92 Å². The van der Waals surface area contributed by atoms with Crippen LogP contribution in [0.3, 0.4) is 0 Å². The maximum absolute atomic E-state index is 12.2. The molecule has 0 aliphatic carbocycles. The van der Waals surface area contributed by atoms with Crippen LogP contribution in [-0.2, 0) is 14.3 Å². The highest BCUT2D eigenvalue weighted by Gasteiger charge is 2.42. The molecule has 5 nitrogen and oxygen atoms in total. The summed E-state index contributed by atoms with van der Waals surface area (Å²) in [4.78, 5) is 24.5. The average molecular weight is 247 g/mol. The van der Waals surface area contributed by atoms with Crippen molar-refractivity contribution >= 4 is 23.6 Å². The number of rotatable bonds is 4. The number of carbonyl (C=O) groups is 2. The molecule has 16 heavy (non-hydrogen) atoms. The lowest BCUT2D eigenvalue weighted by Crippen LogP contribution is -2.52. The highest BCUT2D eigenvalue weighted by molar-refractivity contribution is 7.99. The molecule has 0 bridgehead atoms. The summed E-state index contributed by atoms with van der Waals surface area (Å²) in [6, 6.07) is -0.724. The zero-order valence-corrected chi connectivity index (χ0v) is 10.5. The van der Waals surface area contributed by atoms with E-state index in [0.717, 1.165) is 0 Å². The first-order valence-electron chi connectivity index (χ1n) is 5.13. The molecule has 1 unspecified atom stereocenters. The van der Waals surface area contributed by atoms with Gasteiger partial charge in [0.15, 0.2) is 0 Å². The second-order valence-electron chi connectivity index (χ2n) is 3.92. The first kappa shape index (κ1) is 13.3. The summed E-state index contributed by atoms with van der Waals surface area (Å²) in [6.07, 6.45) is 0.524. The van der Waals surface area contributed by atoms with E-state index in [1.807, 2.05) is 6.92 Å². The Bertz CT molecular complexity index is 291. The predicted molar refractivity (Wildman–Crippen MR) is 61.3 cm³/mol. The lowest BCUT2D eigenvalue weighted by atomic mass is 10.0. The molecule has 1 aliphatic rings. The van der Waals surface area contributed by atoms with Gasteiger partial charge in [-0.25, -0.2) is 4.79 Å². The molecule has 0 saturated carbocycles. The van der Waals surface area contributed by atoms with E-state index >= 15 is 0 Å². The topological polar surface area (TPSA) is 66.8 Å². The summed E-state index contributed by atoms with van der Waals surface area (Å²) in [5, 5.41) is 9.00. The molecule has 2 atom stereocenters. The molecular formula is C10H17NO4S. The van der Waals surface area contributed by atoms with E-state index in [1.165, 1.54) is 23.8 Å². The van der Waals surface area contributed by atoms with E-state index in [-0.39, 0.29) is 5.91 Å². The number of nitrogens with zero attached hydrogens (tertiary/aromatic N) is 1. The fraction of sp³-hybridized carbons (Fsp3) is 0.800. The van der Waals surface area contributed by atoms with Gasteiger partial charge in [0.05, 0.1) is 5.88 Å². The highest BCUT2D eigenvalue weighted by Crippen LogP contribution is 2.27. The SMILES string of the molecule is CCC(C)(OC)C(=O)N1CSC[C@H]1C(=O)O. The third-order valence-electron chi connectivity index (χ3n) is 3.01. The van der Waals surface area contributed by atoms with Crippen molar-refractivity contribution in [3.8, 4) is 0 Å². The van der Waals surface area contributed by atoms with Crippen molar-refractivity contribution in [1.29, 1.82) is 0 Å². The summed E-state index contributed by atoms with van der Waals surface area (Å²) in [5.74, 6) is -0.318. The van der Waals surface area contributed by atoms with Crippen molar-refractivity contribution in [3.63, 3.8) is 0 Å². The fourth-order valence-corrected chi connectivity index (χ4v) is 2.68. The van der Waals surface area contributed by atoms with Gasteiger partial charge in [-0.3, -0.25) is 4.79 Å².